The maximum Gasteiger partial charge on any atom is 0.344 e. The highest BCUT2D eigenvalue weighted by atomic mass is 35.5. The third-order valence-electron chi connectivity index (χ3n) is 1.31. The molecule has 0 aliphatic heterocycles. The molecule has 0 bridgehead atoms. The van der Waals surface area contributed by atoms with Gasteiger partial charge >= 0.3 is 5.97 Å². The minimum absolute atomic E-state index is 0. The van der Waals surface area contributed by atoms with Crippen LogP contribution < -0.4 is 4.74 Å². The number of carboxylic acids is 1. The summed E-state index contributed by atoms with van der Waals surface area (Å²) in [6, 6.07) is 3.22. The summed E-state index contributed by atoms with van der Waals surface area (Å²) in [5, 5.41) is 8.50. The molecular weight excluding hydrogens is 194 g/mol. The van der Waals surface area contributed by atoms with Gasteiger partial charge in [0.1, 0.15) is 5.75 Å². The molecule has 0 spiro atoms. The predicted molar refractivity (Wildman–Crippen MR) is 49.2 cm³/mol. The molecule has 0 aliphatic rings. The zero-order valence-electron chi connectivity index (χ0n) is 7.01. The van der Waals surface area contributed by atoms with E-state index in [4.69, 9.17) is 9.84 Å². The summed E-state index contributed by atoms with van der Waals surface area (Å²) in [5.74, 6) is -0.466. The van der Waals surface area contributed by atoms with E-state index in [0.717, 1.165) is 0 Å². The standard InChI is InChI=1S/C8H9NO3.ClH/c1-6(8(10)11)12-7-2-4-9-5-3-7;/h2-6H,1H3,(H,10,11);1H. The average Bonchev–Trinajstić information content (AvgIpc) is 2.06. The van der Waals surface area contributed by atoms with Gasteiger partial charge in [-0.25, -0.2) is 4.79 Å². The van der Waals surface area contributed by atoms with Gasteiger partial charge in [-0.15, -0.1) is 12.4 Å². The van der Waals surface area contributed by atoms with Crippen LogP contribution in [-0.4, -0.2) is 22.2 Å². The largest absolute Gasteiger partial charge is 0.479 e. The molecule has 5 heteroatoms. The molecule has 0 aromatic carbocycles. The highest BCUT2D eigenvalue weighted by Gasteiger charge is 2.11. The van der Waals surface area contributed by atoms with Crippen molar-refractivity contribution in [3.8, 4) is 5.75 Å². The highest BCUT2D eigenvalue weighted by molar-refractivity contribution is 5.85. The number of rotatable bonds is 3. The fourth-order valence-electron chi connectivity index (χ4n) is 0.671. The van der Waals surface area contributed by atoms with Crippen molar-refractivity contribution in [2.75, 3.05) is 0 Å². The monoisotopic (exact) mass is 203 g/mol. The van der Waals surface area contributed by atoms with Gasteiger partial charge in [-0.3, -0.25) is 4.98 Å². The molecule has 1 unspecified atom stereocenters. The number of pyridine rings is 1. The van der Waals surface area contributed by atoms with Crippen LogP contribution in [0.4, 0.5) is 0 Å². The Labute approximate surface area is 82.0 Å². The van der Waals surface area contributed by atoms with E-state index in [-0.39, 0.29) is 12.4 Å². The second kappa shape index (κ2) is 5.37. The molecule has 0 saturated carbocycles. The van der Waals surface area contributed by atoms with Crippen molar-refractivity contribution in [2.45, 2.75) is 13.0 Å². The van der Waals surface area contributed by atoms with Crippen molar-refractivity contribution < 1.29 is 14.6 Å². The topological polar surface area (TPSA) is 59.4 Å². The van der Waals surface area contributed by atoms with Crippen LogP contribution in [0.15, 0.2) is 24.5 Å². The number of aliphatic carboxylic acids is 1. The molecule has 1 N–H and O–H groups in total. The molecule has 72 valence electrons. The quantitative estimate of drug-likeness (QED) is 0.806. The lowest BCUT2D eigenvalue weighted by Gasteiger charge is -2.08. The molecule has 0 saturated heterocycles. The third-order valence-corrected chi connectivity index (χ3v) is 1.31. The number of aromatic nitrogens is 1. The van der Waals surface area contributed by atoms with E-state index in [1.807, 2.05) is 0 Å². The molecule has 0 amide bonds. The smallest absolute Gasteiger partial charge is 0.344 e. The molecule has 1 aromatic rings. The van der Waals surface area contributed by atoms with Crippen molar-refractivity contribution in [1.82, 2.24) is 4.98 Å². The van der Waals surface area contributed by atoms with E-state index >= 15 is 0 Å². The van der Waals surface area contributed by atoms with Gasteiger partial charge in [0.15, 0.2) is 6.10 Å². The normalized spacial score (nSPS) is 11.2. The summed E-state index contributed by atoms with van der Waals surface area (Å²) in [7, 11) is 0. The van der Waals surface area contributed by atoms with Crippen LogP contribution in [-0.2, 0) is 4.79 Å². The molecule has 1 atom stereocenters. The van der Waals surface area contributed by atoms with Crippen molar-refractivity contribution in [2.24, 2.45) is 0 Å². The van der Waals surface area contributed by atoms with E-state index in [0.29, 0.717) is 5.75 Å². The lowest BCUT2D eigenvalue weighted by molar-refractivity contribution is -0.144. The van der Waals surface area contributed by atoms with E-state index in [1.165, 1.54) is 6.92 Å². The van der Waals surface area contributed by atoms with Gasteiger partial charge in [0, 0.05) is 12.4 Å². The van der Waals surface area contributed by atoms with Gasteiger partial charge in [0.05, 0.1) is 0 Å². The summed E-state index contributed by atoms with van der Waals surface area (Å²) in [6.45, 7) is 1.47. The fraction of sp³-hybridized carbons (Fsp3) is 0.250. The maximum absolute atomic E-state index is 10.4. The first-order valence-electron chi connectivity index (χ1n) is 3.49. The van der Waals surface area contributed by atoms with Gasteiger partial charge in [-0.1, -0.05) is 0 Å². The molecule has 0 radical (unpaired) electrons. The van der Waals surface area contributed by atoms with Crippen LogP contribution in [0.25, 0.3) is 0 Å². The van der Waals surface area contributed by atoms with Crippen molar-refractivity contribution in [3.63, 3.8) is 0 Å². The number of ether oxygens (including phenoxy) is 1. The van der Waals surface area contributed by atoms with Crippen LogP contribution in [0.3, 0.4) is 0 Å². The zero-order chi connectivity index (χ0) is 8.97. The zero-order valence-corrected chi connectivity index (χ0v) is 7.82. The Hall–Kier alpha value is -1.29. The Bertz CT molecular complexity index is 265. The second-order valence-electron chi connectivity index (χ2n) is 2.28. The van der Waals surface area contributed by atoms with Crippen molar-refractivity contribution >= 4 is 18.4 Å². The number of hydrogen-bond donors (Lipinski definition) is 1. The predicted octanol–water partition coefficient (Wildman–Crippen LogP) is 1.36. The Morgan fingerprint density at radius 2 is 2.08 bits per heavy atom. The second-order valence-corrected chi connectivity index (χ2v) is 2.28. The minimum atomic E-state index is -0.980. The van der Waals surface area contributed by atoms with Crippen LogP contribution in [0.1, 0.15) is 6.92 Å². The van der Waals surface area contributed by atoms with E-state index in [1.54, 1.807) is 24.5 Å². The molecule has 1 aromatic heterocycles. The first kappa shape index (κ1) is 11.7. The van der Waals surface area contributed by atoms with Crippen molar-refractivity contribution in [3.05, 3.63) is 24.5 Å². The van der Waals surface area contributed by atoms with Gasteiger partial charge in [-0.2, -0.15) is 0 Å². The van der Waals surface area contributed by atoms with Crippen molar-refractivity contribution in [1.29, 1.82) is 0 Å². The van der Waals surface area contributed by atoms with Crippen LogP contribution >= 0.6 is 12.4 Å². The SMILES string of the molecule is CC(Oc1ccncc1)C(=O)O.Cl. The number of hydrogen-bond acceptors (Lipinski definition) is 3. The average molecular weight is 204 g/mol. The van der Waals surface area contributed by atoms with E-state index in [9.17, 15) is 4.79 Å². The Kier molecular flexibility index (Phi) is 4.84. The summed E-state index contributed by atoms with van der Waals surface area (Å²) >= 11 is 0. The molecule has 1 heterocycles. The van der Waals surface area contributed by atoms with E-state index < -0.39 is 12.1 Å². The van der Waals surface area contributed by atoms with E-state index in [2.05, 4.69) is 4.98 Å². The number of carboxylic acid groups (broad SMARTS) is 1. The molecular formula is C8H10ClNO3. The Morgan fingerprint density at radius 3 is 2.54 bits per heavy atom. The Balaban J connectivity index is 0.00000144. The first-order valence-corrected chi connectivity index (χ1v) is 3.49. The Morgan fingerprint density at radius 1 is 1.54 bits per heavy atom. The summed E-state index contributed by atoms with van der Waals surface area (Å²) in [6.07, 6.45) is 2.26. The maximum atomic E-state index is 10.4. The van der Waals surface area contributed by atoms with Gasteiger partial charge in [-0.05, 0) is 19.1 Å². The van der Waals surface area contributed by atoms with Gasteiger partial charge in [0.2, 0.25) is 0 Å². The fourth-order valence-corrected chi connectivity index (χ4v) is 0.671. The van der Waals surface area contributed by atoms with Gasteiger partial charge in [0.25, 0.3) is 0 Å². The summed E-state index contributed by atoms with van der Waals surface area (Å²) in [5.41, 5.74) is 0. The number of carbonyl (C=O) groups is 1. The number of halogens is 1. The van der Waals surface area contributed by atoms with Gasteiger partial charge < -0.3 is 9.84 Å². The highest BCUT2D eigenvalue weighted by Crippen LogP contribution is 2.08. The lowest BCUT2D eigenvalue weighted by Crippen LogP contribution is -2.22. The third kappa shape index (κ3) is 3.75. The minimum Gasteiger partial charge on any atom is -0.479 e. The summed E-state index contributed by atoms with van der Waals surface area (Å²) < 4.78 is 5.04. The molecule has 4 nitrogen and oxygen atoms in total. The molecule has 13 heavy (non-hydrogen) atoms. The van der Waals surface area contributed by atoms with Crippen LogP contribution in [0.5, 0.6) is 5.75 Å². The first-order chi connectivity index (χ1) is 5.70. The molecule has 0 fully saturated rings. The summed E-state index contributed by atoms with van der Waals surface area (Å²) in [4.78, 5) is 14.1. The lowest BCUT2D eigenvalue weighted by atomic mass is 10.4. The van der Waals surface area contributed by atoms with Crippen LogP contribution in [0, 0.1) is 0 Å². The molecule has 0 aliphatic carbocycles. The number of nitrogens with zero attached hydrogens (tertiary/aromatic N) is 1. The molecule has 1 rings (SSSR count). The van der Waals surface area contributed by atoms with Crippen LogP contribution in [0.2, 0.25) is 0 Å².